The number of carbonyl (C=O) groups excluding carboxylic acids is 1. The number of hydrogen-bond donors (Lipinski definition) is 2. The molecule has 0 bridgehead atoms. The Bertz CT molecular complexity index is 394. The number of nitrogens with zero attached hydrogens (tertiary/aromatic N) is 1. The highest BCUT2D eigenvalue weighted by Gasteiger charge is 2.34. The molecule has 1 rings (SSSR count). The second-order valence-electron chi connectivity index (χ2n) is 3.85. The van der Waals surface area contributed by atoms with E-state index in [1.165, 1.54) is 7.05 Å². The van der Waals surface area contributed by atoms with E-state index < -0.39 is 24.7 Å². The van der Waals surface area contributed by atoms with Gasteiger partial charge in [-0.05, 0) is 12.6 Å². The van der Waals surface area contributed by atoms with Gasteiger partial charge in [-0.25, -0.2) is 5.84 Å². The summed E-state index contributed by atoms with van der Waals surface area (Å²) >= 11 is 0. The summed E-state index contributed by atoms with van der Waals surface area (Å²) in [6.07, 6.45) is -4.38. The quantitative estimate of drug-likeness (QED) is 0.486. The van der Waals surface area contributed by atoms with Gasteiger partial charge in [-0.2, -0.15) is 13.2 Å². The number of carbonyl (C=O) groups is 1. The first-order valence-corrected chi connectivity index (χ1v) is 5.17. The predicted molar refractivity (Wildman–Crippen MR) is 60.2 cm³/mol. The van der Waals surface area contributed by atoms with Crippen molar-refractivity contribution in [2.75, 3.05) is 13.6 Å². The van der Waals surface area contributed by atoms with Crippen molar-refractivity contribution in [3.63, 3.8) is 0 Å². The molecule has 100 valence electrons. The van der Waals surface area contributed by atoms with E-state index in [2.05, 4.69) is 0 Å². The highest BCUT2D eigenvalue weighted by Crippen LogP contribution is 2.24. The lowest BCUT2D eigenvalue weighted by Gasteiger charge is -2.27. The largest absolute Gasteiger partial charge is 0.401 e. The smallest absolute Gasteiger partial charge is 0.293 e. The van der Waals surface area contributed by atoms with Crippen LogP contribution < -0.4 is 11.3 Å². The lowest BCUT2D eigenvalue weighted by molar-refractivity contribution is -0.152. The summed E-state index contributed by atoms with van der Waals surface area (Å²) in [6.45, 7) is -1.19. The van der Waals surface area contributed by atoms with Crippen LogP contribution in [0, 0.1) is 0 Å². The molecule has 0 heterocycles. The van der Waals surface area contributed by atoms with E-state index >= 15 is 0 Å². The summed E-state index contributed by atoms with van der Waals surface area (Å²) in [5.74, 6) is 4.32. The second-order valence-corrected chi connectivity index (χ2v) is 3.85. The van der Waals surface area contributed by atoms with Crippen LogP contribution >= 0.6 is 0 Å². The summed E-state index contributed by atoms with van der Waals surface area (Å²) in [6, 6.07) is 7.09. The lowest BCUT2D eigenvalue weighted by Crippen LogP contribution is -2.44. The molecular weight excluding hydrogens is 247 g/mol. The molecule has 1 aromatic rings. The number of benzene rings is 1. The van der Waals surface area contributed by atoms with Crippen LogP contribution in [0.4, 0.5) is 13.2 Å². The van der Waals surface area contributed by atoms with Crippen LogP contribution in [0.15, 0.2) is 30.3 Å². The van der Waals surface area contributed by atoms with Crippen LogP contribution in [0.1, 0.15) is 11.6 Å². The van der Waals surface area contributed by atoms with Crippen LogP contribution in [0.3, 0.4) is 0 Å². The minimum atomic E-state index is -4.38. The summed E-state index contributed by atoms with van der Waals surface area (Å²) < 4.78 is 37.0. The van der Waals surface area contributed by atoms with E-state index in [4.69, 9.17) is 5.84 Å². The molecule has 4 nitrogen and oxygen atoms in total. The number of hydrazine groups is 1. The van der Waals surface area contributed by atoms with Crippen molar-refractivity contribution in [2.24, 2.45) is 5.84 Å². The monoisotopic (exact) mass is 261 g/mol. The number of likely N-dealkylation sites (N-methyl/N-ethyl adjacent to an activating group) is 1. The van der Waals surface area contributed by atoms with Crippen LogP contribution in [-0.2, 0) is 4.79 Å². The zero-order valence-corrected chi connectivity index (χ0v) is 9.74. The van der Waals surface area contributed by atoms with E-state index in [0.29, 0.717) is 5.56 Å². The van der Waals surface area contributed by atoms with Crippen molar-refractivity contribution in [2.45, 2.75) is 12.2 Å². The Morgan fingerprint density at radius 1 is 1.39 bits per heavy atom. The first kappa shape index (κ1) is 14.5. The highest BCUT2D eigenvalue weighted by atomic mass is 19.4. The van der Waals surface area contributed by atoms with E-state index in [1.54, 1.807) is 30.3 Å². The van der Waals surface area contributed by atoms with Crippen molar-refractivity contribution in [3.05, 3.63) is 35.9 Å². The molecule has 7 heteroatoms. The van der Waals surface area contributed by atoms with Gasteiger partial charge in [-0.1, -0.05) is 30.3 Å². The Hall–Kier alpha value is -1.60. The van der Waals surface area contributed by atoms with Crippen LogP contribution in [0.25, 0.3) is 0 Å². The van der Waals surface area contributed by atoms with Crippen LogP contribution in [-0.4, -0.2) is 30.6 Å². The highest BCUT2D eigenvalue weighted by molar-refractivity contribution is 5.82. The SMILES string of the molecule is CN(CC(F)(F)F)C(C(=O)NN)c1ccccc1. The summed E-state index contributed by atoms with van der Waals surface area (Å²) in [5, 5.41) is 0. The van der Waals surface area contributed by atoms with Gasteiger partial charge in [-0.3, -0.25) is 15.1 Å². The minimum Gasteiger partial charge on any atom is -0.293 e. The van der Waals surface area contributed by atoms with E-state index in [9.17, 15) is 18.0 Å². The molecule has 0 radical (unpaired) electrons. The Morgan fingerprint density at radius 2 is 1.94 bits per heavy atom. The predicted octanol–water partition coefficient (Wildman–Crippen LogP) is 1.21. The third-order valence-corrected chi connectivity index (χ3v) is 2.38. The Labute approximate surface area is 103 Å². The zero-order valence-electron chi connectivity index (χ0n) is 9.74. The summed E-state index contributed by atoms with van der Waals surface area (Å²) in [7, 11) is 1.22. The molecule has 1 amide bonds. The third-order valence-electron chi connectivity index (χ3n) is 2.38. The molecule has 18 heavy (non-hydrogen) atoms. The Balaban J connectivity index is 2.96. The molecule has 0 saturated carbocycles. The number of halogens is 3. The van der Waals surface area contributed by atoms with E-state index in [1.807, 2.05) is 5.43 Å². The summed E-state index contributed by atoms with van der Waals surface area (Å²) in [4.78, 5) is 12.5. The van der Waals surface area contributed by atoms with Gasteiger partial charge in [0.1, 0.15) is 6.04 Å². The van der Waals surface area contributed by atoms with Gasteiger partial charge in [0.05, 0.1) is 6.54 Å². The average Bonchev–Trinajstić information content (AvgIpc) is 2.28. The van der Waals surface area contributed by atoms with E-state index in [-0.39, 0.29) is 0 Å². The topological polar surface area (TPSA) is 58.4 Å². The zero-order chi connectivity index (χ0) is 13.8. The van der Waals surface area contributed by atoms with Gasteiger partial charge in [0, 0.05) is 0 Å². The molecule has 0 aliphatic heterocycles. The standard InChI is InChI=1S/C11H14F3N3O/c1-17(7-11(12,13)14)9(10(18)16-15)8-5-3-2-4-6-8/h2-6,9H,7,15H2,1H3,(H,16,18). The minimum absolute atomic E-state index is 0.451. The lowest BCUT2D eigenvalue weighted by atomic mass is 10.1. The Kier molecular flexibility index (Phi) is 4.69. The first-order chi connectivity index (χ1) is 8.35. The number of rotatable bonds is 4. The maximum atomic E-state index is 12.3. The maximum absolute atomic E-state index is 12.3. The maximum Gasteiger partial charge on any atom is 0.401 e. The molecule has 3 N–H and O–H groups in total. The molecule has 0 aliphatic carbocycles. The molecule has 0 spiro atoms. The molecule has 0 fully saturated rings. The third kappa shape index (κ3) is 4.01. The van der Waals surface area contributed by atoms with Gasteiger partial charge in [-0.15, -0.1) is 0 Å². The van der Waals surface area contributed by atoms with Crippen molar-refractivity contribution in [1.82, 2.24) is 10.3 Å². The van der Waals surface area contributed by atoms with Crippen LogP contribution in [0.5, 0.6) is 0 Å². The fourth-order valence-electron chi connectivity index (χ4n) is 1.69. The van der Waals surface area contributed by atoms with E-state index in [0.717, 1.165) is 4.90 Å². The number of alkyl halides is 3. The number of amides is 1. The number of hydrogen-bond acceptors (Lipinski definition) is 3. The molecule has 0 aliphatic rings. The van der Waals surface area contributed by atoms with Gasteiger partial charge >= 0.3 is 6.18 Å². The van der Waals surface area contributed by atoms with Crippen molar-refractivity contribution in [1.29, 1.82) is 0 Å². The van der Waals surface area contributed by atoms with Gasteiger partial charge in [0.2, 0.25) is 0 Å². The van der Waals surface area contributed by atoms with Crippen molar-refractivity contribution < 1.29 is 18.0 Å². The molecule has 1 unspecified atom stereocenters. The normalized spacial score (nSPS) is 13.4. The number of nitrogens with two attached hydrogens (primary N) is 1. The number of nitrogens with one attached hydrogen (secondary N) is 1. The van der Waals surface area contributed by atoms with Crippen molar-refractivity contribution in [3.8, 4) is 0 Å². The van der Waals surface area contributed by atoms with Gasteiger partial charge in [0.25, 0.3) is 5.91 Å². The Morgan fingerprint density at radius 3 is 2.39 bits per heavy atom. The second kappa shape index (κ2) is 5.83. The average molecular weight is 261 g/mol. The fourth-order valence-corrected chi connectivity index (χ4v) is 1.69. The van der Waals surface area contributed by atoms with Gasteiger partial charge in [0.15, 0.2) is 0 Å². The van der Waals surface area contributed by atoms with Gasteiger partial charge < -0.3 is 0 Å². The molecule has 1 aromatic carbocycles. The summed E-state index contributed by atoms with van der Waals surface area (Å²) in [5.41, 5.74) is 2.33. The fraction of sp³-hybridized carbons (Fsp3) is 0.364. The van der Waals surface area contributed by atoms with Crippen molar-refractivity contribution >= 4 is 5.91 Å². The van der Waals surface area contributed by atoms with Crippen LogP contribution in [0.2, 0.25) is 0 Å². The molecule has 0 aromatic heterocycles. The molecule has 0 saturated heterocycles. The molecule has 1 atom stereocenters. The first-order valence-electron chi connectivity index (χ1n) is 5.17. The molecular formula is C11H14F3N3O.